The van der Waals surface area contributed by atoms with Crippen LogP contribution in [0, 0.1) is 18.3 Å². The Labute approximate surface area is 81.4 Å². The third-order valence-electron chi connectivity index (χ3n) is 1.84. The molecule has 0 fully saturated rings. The molecule has 0 saturated heterocycles. The molecule has 0 aliphatic rings. The number of aryl methyl sites for hydroxylation is 1. The summed E-state index contributed by atoms with van der Waals surface area (Å²) in [5.41, 5.74) is 1.63. The van der Waals surface area contributed by atoms with Crippen molar-refractivity contribution in [3.05, 3.63) is 41.9 Å². The number of pyridine rings is 1. The summed E-state index contributed by atoms with van der Waals surface area (Å²) in [5.74, 6) is 0.720. The Bertz CT molecular complexity index is 476. The van der Waals surface area contributed by atoms with Gasteiger partial charge in [-0.2, -0.15) is 10.4 Å². The van der Waals surface area contributed by atoms with Crippen molar-refractivity contribution in [1.29, 1.82) is 5.26 Å². The molecule has 0 unspecified atom stereocenters. The van der Waals surface area contributed by atoms with Crippen LogP contribution in [0.2, 0.25) is 0 Å². The summed E-state index contributed by atoms with van der Waals surface area (Å²) in [4.78, 5) is 4.19. The minimum atomic E-state index is 0.535. The van der Waals surface area contributed by atoms with Crippen LogP contribution in [0.25, 0.3) is 5.82 Å². The molecule has 0 N–H and O–H groups in total. The molecule has 0 aromatic carbocycles. The predicted molar refractivity (Wildman–Crippen MR) is 50.8 cm³/mol. The Balaban J connectivity index is 2.40. The minimum Gasteiger partial charge on any atom is -0.237 e. The Kier molecular flexibility index (Phi) is 1.99. The van der Waals surface area contributed by atoms with Gasteiger partial charge in [-0.15, -0.1) is 0 Å². The van der Waals surface area contributed by atoms with E-state index < -0.39 is 0 Å². The average Bonchev–Trinajstić information content (AvgIpc) is 2.67. The van der Waals surface area contributed by atoms with Crippen molar-refractivity contribution in [3.8, 4) is 11.9 Å². The fourth-order valence-electron chi connectivity index (χ4n) is 1.10. The molecular weight excluding hydrogens is 176 g/mol. The van der Waals surface area contributed by atoms with Crippen LogP contribution in [-0.2, 0) is 0 Å². The zero-order valence-electron chi connectivity index (χ0n) is 7.68. The van der Waals surface area contributed by atoms with E-state index in [-0.39, 0.29) is 0 Å². The second kappa shape index (κ2) is 3.30. The van der Waals surface area contributed by atoms with Crippen LogP contribution >= 0.6 is 0 Å². The molecule has 0 radical (unpaired) electrons. The highest BCUT2D eigenvalue weighted by molar-refractivity contribution is 5.29. The van der Waals surface area contributed by atoms with Gasteiger partial charge in [0.05, 0.1) is 18.0 Å². The third kappa shape index (κ3) is 1.48. The number of nitrogens with zero attached hydrogens (tertiary/aromatic N) is 4. The van der Waals surface area contributed by atoms with E-state index in [2.05, 4.69) is 10.1 Å². The molecule has 0 aliphatic heterocycles. The number of aromatic nitrogens is 3. The van der Waals surface area contributed by atoms with E-state index in [4.69, 9.17) is 5.26 Å². The van der Waals surface area contributed by atoms with E-state index in [1.54, 1.807) is 17.1 Å². The van der Waals surface area contributed by atoms with E-state index in [1.807, 2.05) is 25.1 Å². The van der Waals surface area contributed by atoms with E-state index in [9.17, 15) is 0 Å². The molecular formula is C10H8N4. The van der Waals surface area contributed by atoms with Gasteiger partial charge in [0.25, 0.3) is 0 Å². The largest absolute Gasteiger partial charge is 0.237 e. The van der Waals surface area contributed by atoms with Gasteiger partial charge in [-0.05, 0) is 18.6 Å². The maximum absolute atomic E-state index is 8.62. The van der Waals surface area contributed by atoms with Crippen LogP contribution in [0.5, 0.6) is 0 Å². The lowest BCUT2D eigenvalue weighted by Crippen LogP contribution is -1.96. The average molecular weight is 184 g/mol. The molecule has 0 spiro atoms. The Morgan fingerprint density at radius 3 is 2.79 bits per heavy atom. The number of hydrogen-bond acceptors (Lipinski definition) is 3. The molecule has 4 nitrogen and oxygen atoms in total. The van der Waals surface area contributed by atoms with Gasteiger partial charge in [0.1, 0.15) is 6.07 Å². The van der Waals surface area contributed by atoms with Crippen LogP contribution in [0.1, 0.15) is 11.1 Å². The van der Waals surface area contributed by atoms with Gasteiger partial charge in [0.2, 0.25) is 0 Å². The van der Waals surface area contributed by atoms with E-state index in [0.717, 1.165) is 11.4 Å². The Morgan fingerprint density at radius 1 is 1.36 bits per heavy atom. The molecule has 0 atom stereocenters. The van der Waals surface area contributed by atoms with Gasteiger partial charge in [-0.1, -0.05) is 6.07 Å². The second-order valence-electron chi connectivity index (χ2n) is 2.98. The van der Waals surface area contributed by atoms with Crippen LogP contribution in [0.3, 0.4) is 0 Å². The summed E-state index contributed by atoms with van der Waals surface area (Å²) in [6, 6.07) is 5.84. The minimum absolute atomic E-state index is 0.535. The summed E-state index contributed by atoms with van der Waals surface area (Å²) in [6.07, 6.45) is 4.93. The van der Waals surface area contributed by atoms with Crippen LogP contribution < -0.4 is 0 Å². The van der Waals surface area contributed by atoms with E-state index in [0.29, 0.717) is 5.56 Å². The molecule has 2 heterocycles. The van der Waals surface area contributed by atoms with Crippen LogP contribution in [0.4, 0.5) is 0 Å². The van der Waals surface area contributed by atoms with E-state index in [1.165, 1.54) is 6.20 Å². The van der Waals surface area contributed by atoms with Gasteiger partial charge in [0, 0.05) is 6.20 Å². The van der Waals surface area contributed by atoms with Crippen molar-refractivity contribution in [2.45, 2.75) is 6.92 Å². The van der Waals surface area contributed by atoms with Gasteiger partial charge in [-0.25, -0.2) is 9.67 Å². The first-order valence-electron chi connectivity index (χ1n) is 4.17. The maximum atomic E-state index is 8.62. The predicted octanol–water partition coefficient (Wildman–Crippen LogP) is 1.45. The lowest BCUT2D eigenvalue weighted by molar-refractivity contribution is 0.845. The SMILES string of the molecule is Cc1ccc(-n2cc(C#N)cn2)nc1. The monoisotopic (exact) mass is 184 g/mol. The highest BCUT2D eigenvalue weighted by Crippen LogP contribution is 2.05. The normalized spacial score (nSPS) is 9.71. The molecule has 14 heavy (non-hydrogen) atoms. The van der Waals surface area contributed by atoms with Crippen molar-refractivity contribution in [2.24, 2.45) is 0 Å². The topological polar surface area (TPSA) is 54.5 Å². The first-order chi connectivity index (χ1) is 6.79. The lowest BCUT2D eigenvalue weighted by atomic mass is 10.3. The second-order valence-corrected chi connectivity index (χ2v) is 2.98. The summed E-state index contributed by atoms with van der Waals surface area (Å²) in [6.45, 7) is 1.97. The first kappa shape index (κ1) is 8.45. The van der Waals surface area contributed by atoms with Gasteiger partial charge < -0.3 is 0 Å². The molecule has 2 rings (SSSR count). The van der Waals surface area contributed by atoms with Gasteiger partial charge in [-0.3, -0.25) is 0 Å². The molecule has 2 aromatic rings. The smallest absolute Gasteiger partial charge is 0.153 e. The first-order valence-corrected chi connectivity index (χ1v) is 4.17. The zero-order valence-corrected chi connectivity index (χ0v) is 7.68. The van der Waals surface area contributed by atoms with Crippen molar-refractivity contribution >= 4 is 0 Å². The maximum Gasteiger partial charge on any atom is 0.153 e. The fourth-order valence-corrected chi connectivity index (χ4v) is 1.10. The summed E-state index contributed by atoms with van der Waals surface area (Å²) in [7, 11) is 0. The van der Waals surface area contributed by atoms with Crippen molar-refractivity contribution in [3.63, 3.8) is 0 Å². The summed E-state index contributed by atoms with van der Waals surface area (Å²) >= 11 is 0. The Morgan fingerprint density at radius 2 is 2.21 bits per heavy atom. The highest BCUT2D eigenvalue weighted by Gasteiger charge is 2.00. The van der Waals surface area contributed by atoms with Crippen molar-refractivity contribution in [2.75, 3.05) is 0 Å². The number of nitriles is 1. The molecule has 0 aliphatic carbocycles. The molecule has 2 aromatic heterocycles. The summed E-state index contributed by atoms with van der Waals surface area (Å²) < 4.78 is 1.58. The van der Waals surface area contributed by atoms with Gasteiger partial charge in [0.15, 0.2) is 5.82 Å². The number of rotatable bonds is 1. The zero-order chi connectivity index (χ0) is 9.97. The summed E-state index contributed by atoms with van der Waals surface area (Å²) in [5, 5.41) is 12.6. The van der Waals surface area contributed by atoms with Crippen molar-refractivity contribution < 1.29 is 0 Å². The van der Waals surface area contributed by atoms with Crippen LogP contribution in [-0.4, -0.2) is 14.8 Å². The molecule has 0 saturated carbocycles. The third-order valence-corrected chi connectivity index (χ3v) is 1.84. The van der Waals surface area contributed by atoms with Gasteiger partial charge >= 0.3 is 0 Å². The lowest BCUT2D eigenvalue weighted by Gasteiger charge is -1.98. The van der Waals surface area contributed by atoms with Crippen molar-refractivity contribution in [1.82, 2.24) is 14.8 Å². The molecule has 0 amide bonds. The number of hydrogen-bond donors (Lipinski definition) is 0. The van der Waals surface area contributed by atoms with E-state index >= 15 is 0 Å². The Hall–Kier alpha value is -2.15. The molecule has 4 heteroatoms. The molecule has 68 valence electrons. The quantitative estimate of drug-likeness (QED) is 0.674. The van der Waals surface area contributed by atoms with Crippen LogP contribution in [0.15, 0.2) is 30.7 Å². The highest BCUT2D eigenvalue weighted by atomic mass is 15.3. The fraction of sp³-hybridized carbons (Fsp3) is 0.100. The standard InChI is InChI=1S/C10H8N4/c1-8-2-3-10(12-5-8)14-7-9(4-11)6-13-14/h2-3,5-7H,1H3. The molecule has 0 bridgehead atoms.